The monoisotopic (exact) mass is 456 g/mol. The van der Waals surface area contributed by atoms with E-state index in [9.17, 15) is 16.8 Å². The average Bonchev–Trinajstić information content (AvgIpc) is 3.08. The third kappa shape index (κ3) is 5.45. The van der Waals surface area contributed by atoms with Crippen LogP contribution in [0, 0.1) is 13.8 Å². The average molecular weight is 457 g/mol. The smallest absolute Gasteiger partial charge is 0.297 e. The van der Waals surface area contributed by atoms with Crippen molar-refractivity contribution in [3.8, 4) is 0 Å². The van der Waals surface area contributed by atoms with Crippen LogP contribution in [0.5, 0.6) is 0 Å². The summed E-state index contributed by atoms with van der Waals surface area (Å²) in [6, 6.07) is 12.4. The predicted octanol–water partition coefficient (Wildman–Crippen LogP) is 2.54. The number of aryl methyl sites for hydroxylation is 2. The molecule has 2 aromatic rings. The zero-order valence-corrected chi connectivity index (χ0v) is 18.5. The molecule has 1 fully saturated rings. The highest BCUT2D eigenvalue weighted by Gasteiger charge is 2.40. The zero-order chi connectivity index (χ0) is 21.9. The molecule has 0 N–H and O–H groups in total. The molecule has 10 heteroatoms. The molecule has 3 rings (SSSR count). The van der Waals surface area contributed by atoms with E-state index in [1.165, 1.54) is 31.4 Å². The molecule has 1 aliphatic rings. The van der Waals surface area contributed by atoms with Gasteiger partial charge in [0.15, 0.2) is 6.29 Å². The summed E-state index contributed by atoms with van der Waals surface area (Å²) in [6.45, 7) is 3.27. The Labute approximate surface area is 177 Å². The molecular formula is C20H24O8S2. The van der Waals surface area contributed by atoms with Crippen LogP contribution < -0.4 is 0 Å². The first-order valence-electron chi connectivity index (χ1n) is 9.25. The maximum absolute atomic E-state index is 12.6. The molecule has 1 saturated heterocycles. The number of ether oxygens (including phenoxy) is 2. The molecule has 30 heavy (non-hydrogen) atoms. The fourth-order valence-electron chi connectivity index (χ4n) is 2.93. The summed E-state index contributed by atoms with van der Waals surface area (Å²) < 4.78 is 71.3. The van der Waals surface area contributed by atoms with Crippen molar-refractivity contribution < 1.29 is 34.7 Å². The summed E-state index contributed by atoms with van der Waals surface area (Å²) in [5, 5.41) is 0. The lowest BCUT2D eigenvalue weighted by Crippen LogP contribution is -2.32. The fourth-order valence-corrected chi connectivity index (χ4v) is 4.96. The summed E-state index contributed by atoms with van der Waals surface area (Å²) in [7, 11) is -6.71. The maximum Gasteiger partial charge on any atom is 0.297 e. The van der Waals surface area contributed by atoms with Gasteiger partial charge in [-0.3, -0.25) is 8.37 Å². The van der Waals surface area contributed by atoms with Crippen molar-refractivity contribution >= 4 is 20.2 Å². The van der Waals surface area contributed by atoms with Crippen LogP contribution in [0.1, 0.15) is 17.5 Å². The number of hydrogen-bond acceptors (Lipinski definition) is 8. The summed E-state index contributed by atoms with van der Waals surface area (Å²) in [5.41, 5.74) is 1.82. The van der Waals surface area contributed by atoms with Crippen molar-refractivity contribution in [2.75, 3.05) is 13.7 Å². The van der Waals surface area contributed by atoms with E-state index >= 15 is 0 Å². The third-order valence-electron chi connectivity index (χ3n) is 4.69. The van der Waals surface area contributed by atoms with Gasteiger partial charge in [-0.25, -0.2) is 0 Å². The fraction of sp³-hybridized carbons (Fsp3) is 0.400. The first-order valence-corrected chi connectivity index (χ1v) is 12.1. The summed E-state index contributed by atoms with van der Waals surface area (Å²) in [4.78, 5) is 0.0000425. The Morgan fingerprint density at radius 2 is 1.37 bits per heavy atom. The molecule has 3 atom stereocenters. The zero-order valence-electron chi connectivity index (χ0n) is 16.8. The van der Waals surface area contributed by atoms with Gasteiger partial charge in [0.1, 0.15) is 12.2 Å². The van der Waals surface area contributed by atoms with Gasteiger partial charge >= 0.3 is 0 Å². The SMILES string of the molecule is CO[C@H]1C[C@H](OS(=O)(=O)c2ccc(C)cc2)[C@@H](COS(=O)(=O)c2ccc(C)cc2)O1. The standard InChI is InChI=1S/C20H24O8S2/c1-14-4-8-16(9-5-14)29(21,22)26-13-19-18(12-20(25-3)27-19)28-30(23,24)17-10-6-15(2)7-11-17/h4-11,18-20H,12-13H2,1-3H3/t18-,19+,20+/m0/s1. The molecule has 8 nitrogen and oxygen atoms in total. The normalized spacial score (nSPS) is 22.3. The number of benzene rings is 2. The van der Waals surface area contributed by atoms with Crippen LogP contribution >= 0.6 is 0 Å². The minimum atomic E-state index is -4.08. The second-order valence-electron chi connectivity index (χ2n) is 7.03. The van der Waals surface area contributed by atoms with E-state index < -0.39 is 45.3 Å². The van der Waals surface area contributed by atoms with Crippen molar-refractivity contribution in [3.05, 3.63) is 59.7 Å². The van der Waals surface area contributed by atoms with Crippen LogP contribution in [0.25, 0.3) is 0 Å². The topological polar surface area (TPSA) is 105 Å². The third-order valence-corrected chi connectivity index (χ3v) is 7.33. The summed E-state index contributed by atoms with van der Waals surface area (Å²) in [6.07, 6.45) is -2.54. The van der Waals surface area contributed by atoms with Crippen molar-refractivity contribution in [1.82, 2.24) is 0 Å². The van der Waals surface area contributed by atoms with Crippen LogP contribution in [0.3, 0.4) is 0 Å². The Bertz CT molecular complexity index is 1060. The van der Waals surface area contributed by atoms with Crippen molar-refractivity contribution in [2.24, 2.45) is 0 Å². The number of methoxy groups -OCH3 is 1. The second kappa shape index (κ2) is 9.13. The lowest BCUT2D eigenvalue weighted by Gasteiger charge is -2.18. The largest absolute Gasteiger partial charge is 0.356 e. The Hall–Kier alpha value is -1.82. The molecule has 2 aromatic carbocycles. The van der Waals surface area contributed by atoms with Crippen LogP contribution in [0.15, 0.2) is 58.3 Å². The van der Waals surface area contributed by atoms with E-state index in [4.69, 9.17) is 17.8 Å². The van der Waals surface area contributed by atoms with Gasteiger partial charge < -0.3 is 9.47 Å². The summed E-state index contributed by atoms with van der Waals surface area (Å²) in [5.74, 6) is 0. The van der Waals surface area contributed by atoms with Gasteiger partial charge in [0, 0.05) is 13.5 Å². The number of hydrogen-bond donors (Lipinski definition) is 0. The molecule has 1 heterocycles. The molecule has 164 valence electrons. The molecule has 0 radical (unpaired) electrons. The van der Waals surface area contributed by atoms with Gasteiger partial charge in [0.25, 0.3) is 20.2 Å². The van der Waals surface area contributed by atoms with Gasteiger partial charge in [-0.2, -0.15) is 16.8 Å². The lowest BCUT2D eigenvalue weighted by atomic mass is 10.2. The summed E-state index contributed by atoms with van der Waals surface area (Å²) >= 11 is 0. The van der Waals surface area contributed by atoms with Gasteiger partial charge in [-0.1, -0.05) is 35.4 Å². The molecule has 0 spiro atoms. The number of rotatable bonds is 8. The van der Waals surface area contributed by atoms with Gasteiger partial charge in [0.2, 0.25) is 0 Å². The molecule has 0 amide bonds. The van der Waals surface area contributed by atoms with E-state index in [1.54, 1.807) is 24.3 Å². The van der Waals surface area contributed by atoms with Crippen LogP contribution in [0.4, 0.5) is 0 Å². The molecule has 0 aliphatic carbocycles. The van der Waals surface area contributed by atoms with Crippen molar-refractivity contribution in [2.45, 2.75) is 48.6 Å². The van der Waals surface area contributed by atoms with Gasteiger partial charge in [-0.05, 0) is 38.1 Å². The minimum absolute atomic E-state index is 0.000802. The highest BCUT2D eigenvalue weighted by Crippen LogP contribution is 2.28. The Morgan fingerprint density at radius 3 is 1.87 bits per heavy atom. The van der Waals surface area contributed by atoms with E-state index in [0.717, 1.165) is 11.1 Å². The molecular weight excluding hydrogens is 432 g/mol. The molecule has 0 aromatic heterocycles. The Morgan fingerprint density at radius 1 is 0.867 bits per heavy atom. The highest BCUT2D eigenvalue weighted by molar-refractivity contribution is 7.87. The van der Waals surface area contributed by atoms with E-state index in [-0.39, 0.29) is 16.2 Å². The maximum atomic E-state index is 12.6. The molecule has 0 bridgehead atoms. The van der Waals surface area contributed by atoms with Gasteiger partial charge in [0.05, 0.1) is 16.4 Å². The minimum Gasteiger partial charge on any atom is -0.356 e. The van der Waals surface area contributed by atoms with Crippen molar-refractivity contribution in [1.29, 1.82) is 0 Å². The second-order valence-corrected chi connectivity index (χ2v) is 10.2. The van der Waals surface area contributed by atoms with Crippen LogP contribution in [-0.4, -0.2) is 49.1 Å². The van der Waals surface area contributed by atoms with Gasteiger partial charge in [-0.15, -0.1) is 0 Å². The highest BCUT2D eigenvalue weighted by atomic mass is 32.2. The van der Waals surface area contributed by atoms with E-state index in [2.05, 4.69) is 0 Å². The molecule has 1 aliphatic heterocycles. The first-order chi connectivity index (χ1) is 14.1. The van der Waals surface area contributed by atoms with Crippen LogP contribution in [-0.2, 0) is 38.1 Å². The van der Waals surface area contributed by atoms with E-state index in [1.807, 2.05) is 13.8 Å². The van der Waals surface area contributed by atoms with Crippen molar-refractivity contribution in [3.63, 3.8) is 0 Å². The predicted molar refractivity (Wildman–Crippen MR) is 108 cm³/mol. The van der Waals surface area contributed by atoms with E-state index in [0.29, 0.717) is 0 Å². The Balaban J connectivity index is 1.72. The van der Waals surface area contributed by atoms with Crippen LogP contribution in [0.2, 0.25) is 0 Å². The molecule has 0 saturated carbocycles. The quantitative estimate of drug-likeness (QED) is 0.558. The Kier molecular flexibility index (Phi) is 6.95. The first kappa shape index (κ1) is 22.9. The lowest BCUT2D eigenvalue weighted by molar-refractivity contribution is -0.123. The molecule has 0 unspecified atom stereocenters.